The van der Waals surface area contributed by atoms with Gasteiger partial charge in [0, 0.05) is 18.9 Å². The van der Waals surface area contributed by atoms with Crippen molar-refractivity contribution in [3.8, 4) is 0 Å². The highest BCUT2D eigenvalue weighted by atomic mass is 28.4. The second kappa shape index (κ2) is 8.85. The van der Waals surface area contributed by atoms with Crippen molar-refractivity contribution >= 4 is 25.8 Å². The lowest BCUT2D eigenvalue weighted by Crippen LogP contribution is -2.67. The summed E-state index contributed by atoms with van der Waals surface area (Å²) in [6.07, 6.45) is 2.42. The summed E-state index contributed by atoms with van der Waals surface area (Å²) in [5.74, 6) is 0. The summed E-state index contributed by atoms with van der Waals surface area (Å²) in [6.45, 7) is 22.8. The molecule has 0 aliphatic rings. The first-order chi connectivity index (χ1) is 9.09. The minimum atomic E-state index is -1.63. The van der Waals surface area contributed by atoms with Crippen LogP contribution < -0.4 is 0 Å². The van der Waals surface area contributed by atoms with Crippen molar-refractivity contribution in [2.75, 3.05) is 13.2 Å². The first-order valence-corrected chi connectivity index (χ1v) is 16.6. The van der Waals surface area contributed by atoms with E-state index in [2.05, 4.69) is 64.3 Å². The van der Waals surface area contributed by atoms with Gasteiger partial charge in [-0.15, -0.1) is 0 Å². The Morgan fingerprint density at radius 3 is 1.50 bits per heavy atom. The van der Waals surface area contributed by atoms with Crippen LogP contribution in [0.15, 0.2) is 0 Å². The van der Waals surface area contributed by atoms with Gasteiger partial charge in [-0.3, -0.25) is 0 Å². The molecule has 0 fully saturated rings. The fourth-order valence-corrected chi connectivity index (χ4v) is 19.0. The molecule has 0 aliphatic heterocycles. The minimum absolute atomic E-state index is 0.540. The molecule has 0 aromatic rings. The summed E-state index contributed by atoms with van der Waals surface area (Å²) >= 11 is 0. The second-order valence-corrected chi connectivity index (χ2v) is 19.6. The molecule has 0 heterocycles. The quantitative estimate of drug-likeness (QED) is 0.564. The third-order valence-electron chi connectivity index (χ3n) is 3.34. The molecule has 0 saturated carbocycles. The fraction of sp³-hybridized carbons (Fsp3) is 1.00. The summed E-state index contributed by atoms with van der Waals surface area (Å²) in [5, 5.41) is 0. The van der Waals surface area contributed by atoms with Gasteiger partial charge in [-0.05, 0) is 20.3 Å². The molecule has 20 heavy (non-hydrogen) atoms. The van der Waals surface area contributed by atoms with E-state index in [1.165, 1.54) is 12.8 Å². The Balaban J connectivity index is 5.44. The lowest BCUT2D eigenvalue weighted by Gasteiger charge is -2.50. The van der Waals surface area contributed by atoms with Gasteiger partial charge in [0.1, 0.15) is 16.5 Å². The van der Waals surface area contributed by atoms with Crippen LogP contribution in [0, 0.1) is 0 Å². The summed E-state index contributed by atoms with van der Waals surface area (Å²) in [5.41, 5.74) is 0.540. The molecular weight excluding hydrogens is 298 g/mol. The molecule has 6 heteroatoms. The summed E-state index contributed by atoms with van der Waals surface area (Å²) in [7, 11) is -4.38. The molecule has 0 saturated heterocycles. The minimum Gasteiger partial charge on any atom is -0.396 e. The smallest absolute Gasteiger partial charge is 0.337 e. The molecule has 0 bridgehead atoms. The van der Waals surface area contributed by atoms with Crippen LogP contribution in [0.3, 0.4) is 0 Å². The van der Waals surface area contributed by atoms with E-state index in [0.29, 0.717) is 5.67 Å². The molecule has 122 valence electrons. The van der Waals surface area contributed by atoms with E-state index in [4.69, 9.17) is 8.85 Å². The topological polar surface area (TPSA) is 21.7 Å². The van der Waals surface area contributed by atoms with Crippen LogP contribution in [0.4, 0.5) is 0 Å². The Labute approximate surface area is 131 Å². The molecule has 0 aromatic heterocycles. The molecule has 0 radical (unpaired) electrons. The summed E-state index contributed by atoms with van der Waals surface area (Å²) in [6, 6.07) is 0. The molecule has 1 atom stereocenters. The van der Waals surface area contributed by atoms with E-state index < -0.39 is 25.8 Å². The van der Waals surface area contributed by atoms with Crippen molar-refractivity contribution < 1.29 is 8.85 Å². The lowest BCUT2D eigenvalue weighted by molar-refractivity contribution is 0.190. The molecule has 3 nitrogen and oxygen atoms in total. The third kappa shape index (κ3) is 6.53. The van der Waals surface area contributed by atoms with Crippen LogP contribution >= 0.6 is 0 Å². The van der Waals surface area contributed by atoms with Gasteiger partial charge in [0.25, 0.3) is 0 Å². The zero-order chi connectivity index (χ0) is 16.0. The first kappa shape index (κ1) is 20.5. The van der Waals surface area contributed by atoms with Crippen molar-refractivity contribution in [3.63, 3.8) is 0 Å². The summed E-state index contributed by atoms with van der Waals surface area (Å²) in [4.78, 5) is 0. The maximum absolute atomic E-state index is 6.09. The molecule has 0 aliphatic carbocycles. The normalized spacial score (nSPS) is 15.2. The zero-order valence-electron chi connectivity index (χ0n) is 15.2. The zero-order valence-corrected chi connectivity index (χ0v) is 18.4. The molecule has 1 unspecified atom stereocenters. The van der Waals surface area contributed by atoms with Crippen molar-refractivity contribution in [2.24, 2.45) is 0 Å². The highest BCUT2D eigenvalue weighted by Gasteiger charge is 2.43. The molecule has 0 amide bonds. The number of rotatable bonds is 10. The number of hydrogen-bond acceptors (Lipinski definition) is 3. The van der Waals surface area contributed by atoms with Crippen LogP contribution in [-0.2, 0) is 8.85 Å². The predicted molar refractivity (Wildman–Crippen MR) is 97.6 cm³/mol. The van der Waals surface area contributed by atoms with Crippen LogP contribution in [0.2, 0.25) is 39.3 Å². The molecule has 0 aromatic carbocycles. The maximum Gasteiger partial charge on any atom is 0.337 e. The van der Waals surface area contributed by atoms with Crippen LogP contribution in [0.25, 0.3) is 0 Å². The Morgan fingerprint density at radius 2 is 1.25 bits per heavy atom. The Morgan fingerprint density at radius 1 is 0.850 bits per heavy atom. The fourth-order valence-electron chi connectivity index (χ4n) is 3.28. The highest BCUT2D eigenvalue weighted by Crippen LogP contribution is 2.27. The average Bonchev–Trinajstić information content (AvgIpc) is 2.24. The van der Waals surface area contributed by atoms with Gasteiger partial charge >= 0.3 is 9.28 Å². The van der Waals surface area contributed by atoms with E-state index in [-0.39, 0.29) is 0 Å². The maximum atomic E-state index is 6.09. The monoisotopic (exact) mass is 335 g/mol. The van der Waals surface area contributed by atoms with E-state index in [9.17, 15) is 0 Å². The van der Waals surface area contributed by atoms with Gasteiger partial charge < -0.3 is 13.1 Å². The van der Waals surface area contributed by atoms with Crippen molar-refractivity contribution in [1.82, 2.24) is 4.23 Å². The van der Waals surface area contributed by atoms with Crippen molar-refractivity contribution in [2.45, 2.75) is 78.6 Å². The van der Waals surface area contributed by atoms with E-state index >= 15 is 0 Å². The third-order valence-corrected chi connectivity index (χ3v) is 14.1. The highest BCUT2D eigenvalue weighted by molar-refractivity contribution is 6.90. The predicted octanol–water partition coefficient (Wildman–Crippen LogP) is 3.96. The number of nitrogens with zero attached hydrogens (tertiary/aromatic N) is 1. The second-order valence-electron chi connectivity index (χ2n) is 7.35. The standard InChI is InChI=1S/C14H37NO2Si3/c1-10-13-14(18(16-11-2)17-12-3)15(19(4,5)6)20(7,8)9/h14,18H,10-13H2,1-9H3. The van der Waals surface area contributed by atoms with Crippen LogP contribution in [0.5, 0.6) is 0 Å². The van der Waals surface area contributed by atoms with Gasteiger partial charge in [0.2, 0.25) is 0 Å². The Hall–Kier alpha value is 0.531. The van der Waals surface area contributed by atoms with E-state index in [0.717, 1.165) is 13.2 Å². The SMILES string of the molecule is CCCC(N([Si](C)(C)C)[Si](C)(C)C)[SiH](OCC)OCC. The van der Waals surface area contributed by atoms with Crippen LogP contribution in [-0.4, -0.2) is 48.9 Å². The lowest BCUT2D eigenvalue weighted by atomic mass is 10.3. The molecule has 0 rings (SSSR count). The average molecular weight is 336 g/mol. The Kier molecular flexibility index (Phi) is 9.08. The van der Waals surface area contributed by atoms with Gasteiger partial charge in [-0.25, -0.2) is 0 Å². The van der Waals surface area contributed by atoms with E-state index in [1.54, 1.807) is 0 Å². The van der Waals surface area contributed by atoms with Crippen LogP contribution in [0.1, 0.15) is 33.6 Å². The molecule has 0 N–H and O–H groups in total. The molecule has 0 spiro atoms. The van der Waals surface area contributed by atoms with Crippen molar-refractivity contribution in [3.05, 3.63) is 0 Å². The Bertz CT molecular complexity index is 244. The molecular formula is C14H37NO2Si3. The summed E-state index contributed by atoms with van der Waals surface area (Å²) < 4.78 is 15.1. The van der Waals surface area contributed by atoms with Gasteiger partial charge in [-0.2, -0.15) is 0 Å². The number of hydrogen-bond donors (Lipinski definition) is 0. The largest absolute Gasteiger partial charge is 0.396 e. The first-order valence-electron chi connectivity index (χ1n) is 8.12. The van der Waals surface area contributed by atoms with Crippen molar-refractivity contribution in [1.29, 1.82) is 0 Å². The van der Waals surface area contributed by atoms with Gasteiger partial charge in [0.05, 0.1) is 0 Å². The van der Waals surface area contributed by atoms with Gasteiger partial charge in [-0.1, -0.05) is 52.6 Å². The van der Waals surface area contributed by atoms with E-state index in [1.807, 2.05) is 0 Å². The van der Waals surface area contributed by atoms with Gasteiger partial charge in [0.15, 0.2) is 0 Å².